The van der Waals surface area contributed by atoms with Gasteiger partial charge in [-0.3, -0.25) is 14.3 Å². The van der Waals surface area contributed by atoms with Gasteiger partial charge in [0.25, 0.3) is 11.5 Å². The number of rotatable bonds is 5. The first-order chi connectivity index (χ1) is 13.4. The van der Waals surface area contributed by atoms with E-state index >= 15 is 0 Å². The van der Waals surface area contributed by atoms with Crippen LogP contribution in [-0.4, -0.2) is 29.5 Å². The number of hydrogen-bond acceptors (Lipinski definition) is 4. The molecule has 1 heterocycles. The third kappa shape index (κ3) is 3.36. The van der Waals surface area contributed by atoms with E-state index in [0.717, 1.165) is 0 Å². The van der Waals surface area contributed by atoms with Crippen LogP contribution in [0.15, 0.2) is 47.3 Å². The largest absolute Gasteiger partial charge is 0.493 e. The summed E-state index contributed by atoms with van der Waals surface area (Å²) in [4.78, 5) is 25.7. The number of nitrogens with one attached hydrogen (secondary N) is 1. The van der Waals surface area contributed by atoms with Gasteiger partial charge in [-0.1, -0.05) is 29.8 Å². The average Bonchev–Trinajstić information content (AvgIpc) is 2.91. The van der Waals surface area contributed by atoms with Gasteiger partial charge in [0, 0.05) is 12.6 Å². The molecule has 0 saturated heterocycles. The number of methoxy groups -OCH3 is 2. The van der Waals surface area contributed by atoms with Crippen LogP contribution < -0.4 is 20.3 Å². The van der Waals surface area contributed by atoms with Crippen molar-refractivity contribution in [2.24, 2.45) is 7.05 Å². The lowest BCUT2D eigenvalue weighted by Gasteiger charge is -2.11. The minimum atomic E-state index is -0.478. The molecule has 0 atom stereocenters. The molecular weight excluding hydrogens is 382 g/mol. The molecule has 7 nitrogen and oxygen atoms in total. The number of carbonyl (C=O) groups excluding carboxylic acids is 1. The lowest BCUT2D eigenvalue weighted by molar-refractivity contribution is 0.102. The second kappa shape index (κ2) is 7.82. The zero-order valence-corrected chi connectivity index (χ0v) is 16.7. The number of para-hydroxylation sites is 1. The Morgan fingerprint density at radius 3 is 2.39 bits per heavy atom. The first-order valence-electron chi connectivity index (χ1n) is 8.46. The van der Waals surface area contributed by atoms with Crippen molar-refractivity contribution in [1.29, 1.82) is 0 Å². The van der Waals surface area contributed by atoms with E-state index in [1.807, 2.05) is 30.3 Å². The molecule has 0 spiro atoms. The summed E-state index contributed by atoms with van der Waals surface area (Å²) in [6, 6.07) is 12.2. The second-order valence-electron chi connectivity index (χ2n) is 6.08. The lowest BCUT2D eigenvalue weighted by Crippen LogP contribution is -2.23. The van der Waals surface area contributed by atoms with Gasteiger partial charge in [0.1, 0.15) is 5.69 Å². The Kier molecular flexibility index (Phi) is 5.46. The first kappa shape index (κ1) is 19.6. The smallest absolute Gasteiger partial charge is 0.295 e. The molecule has 0 unspecified atom stereocenters. The van der Waals surface area contributed by atoms with Gasteiger partial charge in [-0.25, -0.2) is 4.68 Å². The summed E-state index contributed by atoms with van der Waals surface area (Å²) in [5.74, 6) is 0.184. The summed E-state index contributed by atoms with van der Waals surface area (Å²) in [7, 11) is 4.67. The van der Waals surface area contributed by atoms with Crippen molar-refractivity contribution in [3.63, 3.8) is 0 Å². The van der Waals surface area contributed by atoms with Crippen LogP contribution in [0.4, 0.5) is 5.69 Å². The number of aromatic nitrogens is 2. The SMILES string of the molecule is COc1cc(C(=O)Nc2c(C)n(C)n(-c3ccccc3)c2=O)cc(Cl)c1OC. The van der Waals surface area contributed by atoms with Gasteiger partial charge in [-0.2, -0.15) is 0 Å². The van der Waals surface area contributed by atoms with Gasteiger partial charge in [0.2, 0.25) is 0 Å². The zero-order chi connectivity index (χ0) is 20.4. The Balaban J connectivity index is 2.00. The molecule has 2 aromatic carbocycles. The van der Waals surface area contributed by atoms with E-state index in [9.17, 15) is 9.59 Å². The lowest BCUT2D eigenvalue weighted by atomic mass is 10.2. The summed E-state index contributed by atoms with van der Waals surface area (Å²) in [5.41, 5.74) is 1.44. The number of amides is 1. The van der Waals surface area contributed by atoms with Crippen molar-refractivity contribution in [2.45, 2.75) is 6.92 Å². The average molecular weight is 402 g/mol. The van der Waals surface area contributed by atoms with Crippen LogP contribution in [-0.2, 0) is 7.05 Å². The summed E-state index contributed by atoms with van der Waals surface area (Å²) in [6.45, 7) is 1.76. The Hall–Kier alpha value is -3.19. The molecule has 3 aromatic rings. The van der Waals surface area contributed by atoms with Crippen LogP contribution in [0.1, 0.15) is 16.1 Å². The predicted molar refractivity (Wildman–Crippen MR) is 108 cm³/mol. The molecule has 0 aliphatic rings. The molecule has 0 radical (unpaired) electrons. The van der Waals surface area contributed by atoms with Crippen LogP contribution in [0, 0.1) is 6.92 Å². The molecule has 28 heavy (non-hydrogen) atoms. The molecule has 0 aliphatic carbocycles. The monoisotopic (exact) mass is 401 g/mol. The minimum absolute atomic E-state index is 0.197. The Bertz CT molecular complexity index is 1090. The first-order valence-corrected chi connectivity index (χ1v) is 8.83. The molecule has 146 valence electrons. The maximum atomic E-state index is 12.9. The zero-order valence-electron chi connectivity index (χ0n) is 15.9. The second-order valence-corrected chi connectivity index (χ2v) is 6.49. The highest BCUT2D eigenvalue weighted by Gasteiger charge is 2.20. The number of carbonyl (C=O) groups is 1. The molecule has 1 aromatic heterocycles. The van der Waals surface area contributed by atoms with Crippen molar-refractivity contribution in [3.05, 3.63) is 69.1 Å². The highest BCUT2D eigenvalue weighted by Crippen LogP contribution is 2.36. The summed E-state index contributed by atoms with van der Waals surface area (Å²) < 4.78 is 13.6. The fourth-order valence-corrected chi connectivity index (χ4v) is 3.23. The molecule has 0 bridgehead atoms. The summed E-state index contributed by atoms with van der Waals surface area (Å²) in [6.07, 6.45) is 0. The standard InChI is InChI=1S/C20H20ClN3O4/c1-12-17(20(26)24(23(12)2)14-8-6-5-7-9-14)22-19(25)13-10-15(21)18(28-4)16(11-13)27-3/h5-11H,1-4H3,(H,22,25). The van der Waals surface area contributed by atoms with Crippen LogP contribution in [0.2, 0.25) is 5.02 Å². The van der Waals surface area contributed by atoms with Crippen molar-refractivity contribution in [2.75, 3.05) is 19.5 Å². The van der Waals surface area contributed by atoms with E-state index in [1.54, 1.807) is 18.7 Å². The molecule has 0 aliphatic heterocycles. The number of anilines is 1. The van der Waals surface area contributed by atoms with Crippen LogP contribution in [0.5, 0.6) is 11.5 Å². The van der Waals surface area contributed by atoms with E-state index in [-0.39, 0.29) is 21.8 Å². The van der Waals surface area contributed by atoms with E-state index < -0.39 is 5.91 Å². The number of ether oxygens (including phenoxy) is 2. The van der Waals surface area contributed by atoms with E-state index in [1.165, 1.54) is 31.0 Å². The quantitative estimate of drug-likeness (QED) is 0.711. The third-order valence-electron chi connectivity index (χ3n) is 4.49. The van der Waals surface area contributed by atoms with Crippen molar-refractivity contribution < 1.29 is 14.3 Å². The van der Waals surface area contributed by atoms with Crippen LogP contribution in [0.25, 0.3) is 5.69 Å². The molecule has 8 heteroatoms. The van der Waals surface area contributed by atoms with Crippen molar-refractivity contribution in [3.8, 4) is 17.2 Å². The van der Waals surface area contributed by atoms with Gasteiger partial charge < -0.3 is 14.8 Å². The maximum absolute atomic E-state index is 12.9. The molecule has 1 N–H and O–H groups in total. The molecule has 3 rings (SSSR count). The molecule has 1 amide bonds. The minimum Gasteiger partial charge on any atom is -0.493 e. The topological polar surface area (TPSA) is 74.5 Å². The molecule has 0 fully saturated rings. The Morgan fingerprint density at radius 1 is 1.11 bits per heavy atom. The van der Waals surface area contributed by atoms with Gasteiger partial charge in [-0.15, -0.1) is 0 Å². The highest BCUT2D eigenvalue weighted by atomic mass is 35.5. The van der Waals surface area contributed by atoms with E-state index in [2.05, 4.69) is 5.32 Å². The van der Waals surface area contributed by atoms with Gasteiger partial charge in [0.05, 0.1) is 30.6 Å². The third-order valence-corrected chi connectivity index (χ3v) is 4.77. The van der Waals surface area contributed by atoms with Crippen LogP contribution >= 0.6 is 11.6 Å². The van der Waals surface area contributed by atoms with Crippen molar-refractivity contribution in [1.82, 2.24) is 9.36 Å². The Morgan fingerprint density at radius 2 is 1.79 bits per heavy atom. The van der Waals surface area contributed by atoms with Crippen LogP contribution in [0.3, 0.4) is 0 Å². The number of benzene rings is 2. The fraction of sp³-hybridized carbons (Fsp3) is 0.200. The fourth-order valence-electron chi connectivity index (χ4n) is 2.95. The molecule has 0 saturated carbocycles. The normalized spacial score (nSPS) is 10.6. The number of nitrogens with zero attached hydrogens (tertiary/aromatic N) is 2. The van der Waals surface area contributed by atoms with E-state index in [4.69, 9.17) is 21.1 Å². The van der Waals surface area contributed by atoms with Crippen molar-refractivity contribution >= 4 is 23.2 Å². The van der Waals surface area contributed by atoms with E-state index in [0.29, 0.717) is 22.9 Å². The van der Waals surface area contributed by atoms with Gasteiger partial charge in [-0.05, 0) is 31.2 Å². The van der Waals surface area contributed by atoms with Gasteiger partial charge in [0.15, 0.2) is 11.5 Å². The van der Waals surface area contributed by atoms with Gasteiger partial charge >= 0.3 is 0 Å². The Labute approximate surface area is 167 Å². The summed E-state index contributed by atoms with van der Waals surface area (Å²) in [5, 5.41) is 2.93. The molecular formula is C20H20ClN3O4. The highest BCUT2D eigenvalue weighted by molar-refractivity contribution is 6.32. The maximum Gasteiger partial charge on any atom is 0.295 e. The number of hydrogen-bond donors (Lipinski definition) is 1. The number of halogens is 1. The summed E-state index contributed by atoms with van der Waals surface area (Å²) >= 11 is 6.18. The predicted octanol–water partition coefficient (Wildman–Crippen LogP) is 3.41.